The third-order valence-corrected chi connectivity index (χ3v) is 4.53. The second-order valence-electron chi connectivity index (χ2n) is 4.81. The predicted molar refractivity (Wildman–Crippen MR) is 85.1 cm³/mol. The van der Waals surface area contributed by atoms with Gasteiger partial charge in [-0.1, -0.05) is 6.07 Å². The lowest BCUT2D eigenvalue weighted by molar-refractivity contribution is 0.601. The van der Waals surface area contributed by atoms with E-state index in [2.05, 4.69) is 15.0 Å². The van der Waals surface area contributed by atoms with Crippen molar-refractivity contribution in [3.63, 3.8) is 0 Å². The number of benzene rings is 1. The second kappa shape index (κ2) is 6.13. The molecule has 2 aromatic rings. The van der Waals surface area contributed by atoms with E-state index < -0.39 is 10.0 Å². The molecule has 1 aromatic heterocycles. The normalized spacial score (nSPS) is 11.2. The summed E-state index contributed by atoms with van der Waals surface area (Å²) in [5.41, 5.74) is 2.71. The molecule has 2 N–H and O–H groups in total. The molecule has 112 valence electrons. The van der Waals surface area contributed by atoms with E-state index in [9.17, 15) is 8.42 Å². The zero-order valence-electron chi connectivity index (χ0n) is 12.3. The Morgan fingerprint density at radius 2 is 1.86 bits per heavy atom. The van der Waals surface area contributed by atoms with E-state index in [1.165, 1.54) is 12.3 Å². The lowest BCUT2D eigenvalue weighted by atomic mass is 10.1. The molecule has 1 aromatic carbocycles. The van der Waals surface area contributed by atoms with E-state index in [1.807, 2.05) is 32.9 Å². The molecule has 2 rings (SSSR count). The van der Waals surface area contributed by atoms with Crippen LogP contribution in [0.2, 0.25) is 0 Å². The number of rotatable bonds is 5. The minimum absolute atomic E-state index is 0.141. The molecular formula is C15H19N3O2S. The molecule has 0 saturated carbocycles. The van der Waals surface area contributed by atoms with Gasteiger partial charge in [-0.2, -0.15) is 0 Å². The molecule has 0 fully saturated rings. The smallest absolute Gasteiger partial charge is 0.263 e. The molecule has 0 aliphatic carbocycles. The number of anilines is 2. The van der Waals surface area contributed by atoms with Crippen molar-refractivity contribution in [3.05, 3.63) is 47.7 Å². The molecular weight excluding hydrogens is 286 g/mol. The van der Waals surface area contributed by atoms with Gasteiger partial charge in [0.15, 0.2) is 0 Å². The maximum Gasteiger partial charge on any atom is 0.263 e. The quantitative estimate of drug-likeness (QED) is 0.891. The number of nitrogens with one attached hydrogen (secondary N) is 2. The van der Waals surface area contributed by atoms with Gasteiger partial charge in [0.2, 0.25) is 0 Å². The topological polar surface area (TPSA) is 71.1 Å². The summed E-state index contributed by atoms with van der Waals surface area (Å²) in [4.78, 5) is 4.22. The minimum Gasteiger partial charge on any atom is -0.370 e. The largest absolute Gasteiger partial charge is 0.370 e. The van der Waals surface area contributed by atoms with Gasteiger partial charge in [0.25, 0.3) is 10.0 Å². The van der Waals surface area contributed by atoms with Gasteiger partial charge in [0, 0.05) is 18.4 Å². The second-order valence-corrected chi connectivity index (χ2v) is 6.50. The van der Waals surface area contributed by atoms with Crippen LogP contribution in [0.5, 0.6) is 0 Å². The molecule has 0 spiro atoms. The molecule has 6 heteroatoms. The van der Waals surface area contributed by atoms with E-state index >= 15 is 0 Å². The van der Waals surface area contributed by atoms with Crippen LogP contribution in [0.3, 0.4) is 0 Å². The van der Waals surface area contributed by atoms with Gasteiger partial charge in [0.1, 0.15) is 10.7 Å². The Hall–Kier alpha value is -2.08. The van der Waals surface area contributed by atoms with Crippen molar-refractivity contribution in [1.82, 2.24) is 4.98 Å². The van der Waals surface area contributed by atoms with Crippen LogP contribution >= 0.6 is 0 Å². The molecule has 0 aliphatic rings. The predicted octanol–water partition coefficient (Wildman–Crippen LogP) is 2.93. The number of hydrogen-bond acceptors (Lipinski definition) is 4. The molecule has 0 saturated heterocycles. The van der Waals surface area contributed by atoms with Crippen LogP contribution in [0.25, 0.3) is 0 Å². The Labute approximate surface area is 125 Å². The summed E-state index contributed by atoms with van der Waals surface area (Å²) in [5, 5.41) is 3.02. The number of pyridine rings is 1. The zero-order chi connectivity index (χ0) is 15.5. The summed E-state index contributed by atoms with van der Waals surface area (Å²) in [6.07, 6.45) is 1.35. The molecule has 1 heterocycles. The fourth-order valence-corrected chi connectivity index (χ4v) is 2.84. The Kier molecular flexibility index (Phi) is 4.47. The molecule has 0 radical (unpaired) electrons. The Morgan fingerprint density at radius 3 is 2.43 bits per heavy atom. The highest BCUT2D eigenvalue weighted by atomic mass is 32.2. The van der Waals surface area contributed by atoms with Crippen molar-refractivity contribution in [2.24, 2.45) is 0 Å². The van der Waals surface area contributed by atoms with Crippen LogP contribution in [0.1, 0.15) is 18.1 Å². The third kappa shape index (κ3) is 3.72. The first-order valence-corrected chi connectivity index (χ1v) is 8.20. The first-order chi connectivity index (χ1) is 9.92. The van der Waals surface area contributed by atoms with Gasteiger partial charge in [-0.3, -0.25) is 4.72 Å². The van der Waals surface area contributed by atoms with Gasteiger partial charge in [-0.25, -0.2) is 13.4 Å². The Bertz CT molecular complexity index is 725. The maximum atomic E-state index is 12.3. The SMILES string of the molecule is CCNc1ccc(S(=O)(=O)Nc2ccc(C)c(C)c2)cn1. The minimum atomic E-state index is -3.61. The van der Waals surface area contributed by atoms with Crippen molar-refractivity contribution in [2.75, 3.05) is 16.6 Å². The summed E-state index contributed by atoms with van der Waals surface area (Å²) >= 11 is 0. The van der Waals surface area contributed by atoms with E-state index in [-0.39, 0.29) is 4.90 Å². The van der Waals surface area contributed by atoms with Gasteiger partial charge in [-0.05, 0) is 56.2 Å². The van der Waals surface area contributed by atoms with Gasteiger partial charge < -0.3 is 5.32 Å². The summed E-state index contributed by atoms with van der Waals surface area (Å²) in [5.74, 6) is 0.655. The van der Waals surface area contributed by atoms with Crippen molar-refractivity contribution >= 4 is 21.5 Å². The molecule has 0 bridgehead atoms. The number of aryl methyl sites for hydroxylation is 2. The zero-order valence-corrected chi connectivity index (χ0v) is 13.2. The number of sulfonamides is 1. The van der Waals surface area contributed by atoms with Crippen LogP contribution < -0.4 is 10.0 Å². The molecule has 21 heavy (non-hydrogen) atoms. The van der Waals surface area contributed by atoms with Crippen LogP contribution in [0.15, 0.2) is 41.4 Å². The molecule has 0 unspecified atom stereocenters. The first-order valence-electron chi connectivity index (χ1n) is 6.72. The standard InChI is InChI=1S/C15H19N3O2S/c1-4-16-15-8-7-14(10-17-15)21(19,20)18-13-6-5-11(2)12(3)9-13/h5-10,18H,4H2,1-3H3,(H,16,17). The molecule has 0 atom stereocenters. The number of nitrogens with zero attached hydrogens (tertiary/aromatic N) is 1. The highest BCUT2D eigenvalue weighted by Crippen LogP contribution is 2.19. The summed E-state index contributed by atoms with van der Waals surface area (Å²) in [7, 11) is -3.61. The average molecular weight is 305 g/mol. The first kappa shape index (κ1) is 15.3. The fraction of sp³-hybridized carbons (Fsp3) is 0.267. The van der Waals surface area contributed by atoms with Crippen LogP contribution in [0.4, 0.5) is 11.5 Å². The highest BCUT2D eigenvalue weighted by molar-refractivity contribution is 7.92. The molecule has 0 amide bonds. The lowest BCUT2D eigenvalue weighted by Crippen LogP contribution is -2.13. The van der Waals surface area contributed by atoms with E-state index in [1.54, 1.807) is 12.1 Å². The lowest BCUT2D eigenvalue weighted by Gasteiger charge is -2.10. The highest BCUT2D eigenvalue weighted by Gasteiger charge is 2.14. The van der Waals surface area contributed by atoms with Crippen LogP contribution in [-0.4, -0.2) is 19.9 Å². The summed E-state index contributed by atoms with van der Waals surface area (Å²) in [6, 6.07) is 8.64. The Morgan fingerprint density at radius 1 is 1.10 bits per heavy atom. The van der Waals surface area contributed by atoms with Gasteiger partial charge in [0.05, 0.1) is 0 Å². The van der Waals surface area contributed by atoms with E-state index in [4.69, 9.17) is 0 Å². The van der Waals surface area contributed by atoms with Crippen LogP contribution in [0, 0.1) is 13.8 Å². The summed E-state index contributed by atoms with van der Waals surface area (Å²) < 4.78 is 27.2. The fourth-order valence-electron chi connectivity index (χ4n) is 1.84. The Balaban J connectivity index is 2.23. The maximum absolute atomic E-state index is 12.3. The number of aromatic nitrogens is 1. The van der Waals surface area contributed by atoms with Gasteiger partial charge in [-0.15, -0.1) is 0 Å². The average Bonchev–Trinajstić information content (AvgIpc) is 2.44. The monoisotopic (exact) mass is 305 g/mol. The van der Waals surface area contributed by atoms with Crippen LogP contribution in [-0.2, 0) is 10.0 Å². The summed E-state index contributed by atoms with van der Waals surface area (Å²) in [6.45, 7) is 6.62. The molecule has 5 nitrogen and oxygen atoms in total. The van der Waals surface area contributed by atoms with Gasteiger partial charge >= 0.3 is 0 Å². The molecule has 0 aliphatic heterocycles. The van der Waals surface area contributed by atoms with E-state index in [0.29, 0.717) is 11.5 Å². The third-order valence-electron chi connectivity index (χ3n) is 3.16. The van der Waals surface area contributed by atoms with Crippen molar-refractivity contribution in [2.45, 2.75) is 25.7 Å². The van der Waals surface area contributed by atoms with Crippen molar-refractivity contribution in [1.29, 1.82) is 0 Å². The van der Waals surface area contributed by atoms with E-state index in [0.717, 1.165) is 17.7 Å². The number of hydrogen-bond donors (Lipinski definition) is 2. The van der Waals surface area contributed by atoms with Crippen molar-refractivity contribution in [3.8, 4) is 0 Å². The van der Waals surface area contributed by atoms with Crippen molar-refractivity contribution < 1.29 is 8.42 Å².